The number of carbonyl (C=O) groups is 3. The Morgan fingerprint density at radius 3 is 2.69 bits per heavy atom. The molecule has 1 spiro atoms. The van der Waals surface area contributed by atoms with Gasteiger partial charge in [-0.1, -0.05) is 57.9 Å². The summed E-state index contributed by atoms with van der Waals surface area (Å²) in [6.07, 6.45) is 5.62. The molecule has 156 valence electrons. The number of nitrogens with one attached hydrogen (secondary N) is 2. The van der Waals surface area contributed by atoms with Gasteiger partial charge in [0.05, 0.1) is 0 Å². The second-order valence-corrected chi connectivity index (χ2v) is 9.81. The number of hydrogen-bond acceptors (Lipinski definition) is 3. The van der Waals surface area contributed by atoms with Gasteiger partial charge in [0.25, 0.3) is 5.91 Å². The van der Waals surface area contributed by atoms with Gasteiger partial charge in [0.15, 0.2) is 0 Å². The van der Waals surface area contributed by atoms with Crippen molar-refractivity contribution >= 4 is 17.8 Å². The van der Waals surface area contributed by atoms with Gasteiger partial charge >= 0.3 is 6.03 Å². The molecule has 3 atom stereocenters. The van der Waals surface area contributed by atoms with Crippen LogP contribution in [0.4, 0.5) is 4.79 Å². The molecule has 1 aromatic rings. The third-order valence-corrected chi connectivity index (χ3v) is 6.95. The number of aryl methyl sites for hydroxylation is 1. The van der Waals surface area contributed by atoms with Crippen LogP contribution in [-0.4, -0.2) is 35.3 Å². The van der Waals surface area contributed by atoms with E-state index in [1.807, 2.05) is 24.3 Å². The van der Waals surface area contributed by atoms with E-state index in [0.29, 0.717) is 12.3 Å². The Bertz CT molecular complexity index is 844. The molecule has 1 saturated heterocycles. The monoisotopic (exact) mass is 397 g/mol. The van der Waals surface area contributed by atoms with Crippen LogP contribution in [0.15, 0.2) is 24.3 Å². The van der Waals surface area contributed by atoms with Crippen molar-refractivity contribution < 1.29 is 14.4 Å². The normalized spacial score (nSPS) is 29.1. The molecule has 2 N–H and O–H groups in total. The first-order chi connectivity index (χ1) is 13.7. The summed E-state index contributed by atoms with van der Waals surface area (Å²) in [7, 11) is 0. The van der Waals surface area contributed by atoms with E-state index in [1.54, 1.807) is 0 Å². The highest BCUT2D eigenvalue weighted by atomic mass is 16.2. The maximum absolute atomic E-state index is 13.2. The Morgan fingerprint density at radius 1 is 1.21 bits per heavy atom. The molecule has 1 saturated carbocycles. The van der Waals surface area contributed by atoms with Gasteiger partial charge < -0.3 is 10.6 Å². The van der Waals surface area contributed by atoms with E-state index < -0.39 is 11.6 Å². The highest BCUT2D eigenvalue weighted by Crippen LogP contribution is 2.41. The molecular formula is C23H31N3O3. The minimum absolute atomic E-state index is 0.0955. The Morgan fingerprint density at radius 2 is 1.93 bits per heavy atom. The average Bonchev–Trinajstić information content (AvgIpc) is 3.15. The topological polar surface area (TPSA) is 78.5 Å². The molecule has 29 heavy (non-hydrogen) atoms. The fourth-order valence-corrected chi connectivity index (χ4v) is 5.47. The average molecular weight is 398 g/mol. The van der Waals surface area contributed by atoms with Gasteiger partial charge in [-0.3, -0.25) is 14.5 Å². The zero-order valence-corrected chi connectivity index (χ0v) is 17.6. The zero-order chi connectivity index (χ0) is 20.8. The minimum atomic E-state index is -1.01. The SMILES string of the molecule is CC(C)(C)C1CCCCC1NC(=O)CN1C(=O)NC2(CCc3ccccc32)C1=O. The van der Waals surface area contributed by atoms with Crippen LogP contribution in [0.2, 0.25) is 0 Å². The number of amides is 4. The predicted octanol–water partition coefficient (Wildman–Crippen LogP) is 3.10. The Balaban J connectivity index is 1.47. The Kier molecular flexibility index (Phi) is 4.91. The first kappa shape index (κ1) is 19.9. The Labute approximate surface area is 172 Å². The number of nitrogens with zero attached hydrogens (tertiary/aromatic N) is 1. The standard InChI is InChI=1S/C23H31N3O3/c1-22(2,3)17-10-6-7-11-18(17)24-19(27)14-26-20(28)23(25-21(26)29)13-12-15-8-4-5-9-16(15)23/h4-5,8-9,17-18H,6-7,10-14H2,1-3H3,(H,24,27)(H,25,29). The molecule has 0 bridgehead atoms. The molecule has 6 heteroatoms. The summed E-state index contributed by atoms with van der Waals surface area (Å²) in [5.41, 5.74) is 1.05. The van der Waals surface area contributed by atoms with Crippen molar-refractivity contribution in [3.8, 4) is 0 Å². The van der Waals surface area contributed by atoms with Gasteiger partial charge in [-0.15, -0.1) is 0 Å². The second kappa shape index (κ2) is 7.15. The molecule has 1 aliphatic heterocycles. The minimum Gasteiger partial charge on any atom is -0.352 e. The molecule has 2 aliphatic carbocycles. The number of hydrogen-bond donors (Lipinski definition) is 2. The lowest BCUT2D eigenvalue weighted by Gasteiger charge is -2.40. The molecule has 0 radical (unpaired) electrons. The van der Waals surface area contributed by atoms with Crippen LogP contribution >= 0.6 is 0 Å². The van der Waals surface area contributed by atoms with Crippen LogP contribution in [0.3, 0.4) is 0 Å². The third-order valence-electron chi connectivity index (χ3n) is 6.95. The number of imide groups is 1. The molecule has 2 fully saturated rings. The number of benzene rings is 1. The predicted molar refractivity (Wildman–Crippen MR) is 110 cm³/mol. The molecule has 1 heterocycles. The molecule has 1 aromatic carbocycles. The molecule has 3 aliphatic rings. The van der Waals surface area contributed by atoms with Crippen LogP contribution in [0.1, 0.15) is 64.0 Å². The summed E-state index contributed by atoms with van der Waals surface area (Å²) in [5, 5.41) is 6.01. The van der Waals surface area contributed by atoms with Gasteiger partial charge in [0.1, 0.15) is 12.1 Å². The van der Waals surface area contributed by atoms with Crippen molar-refractivity contribution in [1.82, 2.24) is 15.5 Å². The van der Waals surface area contributed by atoms with E-state index in [-0.39, 0.29) is 29.8 Å². The third kappa shape index (κ3) is 3.43. The molecule has 4 rings (SSSR count). The number of urea groups is 1. The lowest BCUT2D eigenvalue weighted by atomic mass is 9.69. The van der Waals surface area contributed by atoms with Crippen LogP contribution < -0.4 is 10.6 Å². The highest BCUT2D eigenvalue weighted by Gasteiger charge is 2.55. The maximum atomic E-state index is 13.2. The van der Waals surface area contributed by atoms with Gasteiger partial charge in [-0.05, 0) is 48.1 Å². The van der Waals surface area contributed by atoms with E-state index in [2.05, 4.69) is 31.4 Å². The van der Waals surface area contributed by atoms with Crippen LogP contribution in [0, 0.1) is 11.3 Å². The van der Waals surface area contributed by atoms with Gasteiger partial charge in [0.2, 0.25) is 5.91 Å². The van der Waals surface area contributed by atoms with E-state index in [4.69, 9.17) is 0 Å². The van der Waals surface area contributed by atoms with Crippen molar-refractivity contribution in [3.05, 3.63) is 35.4 Å². The highest BCUT2D eigenvalue weighted by molar-refractivity contribution is 6.09. The van der Waals surface area contributed by atoms with Crippen molar-refractivity contribution in [2.24, 2.45) is 11.3 Å². The van der Waals surface area contributed by atoms with E-state index in [0.717, 1.165) is 41.7 Å². The van der Waals surface area contributed by atoms with E-state index in [1.165, 1.54) is 6.42 Å². The first-order valence-electron chi connectivity index (χ1n) is 10.7. The smallest absolute Gasteiger partial charge is 0.325 e. The van der Waals surface area contributed by atoms with Gasteiger partial charge in [-0.2, -0.15) is 0 Å². The van der Waals surface area contributed by atoms with Gasteiger partial charge in [-0.25, -0.2) is 4.79 Å². The lowest BCUT2D eigenvalue weighted by molar-refractivity contribution is -0.135. The van der Waals surface area contributed by atoms with Crippen molar-refractivity contribution in [1.29, 1.82) is 0 Å². The summed E-state index contributed by atoms with van der Waals surface area (Å²) in [6, 6.07) is 7.35. The maximum Gasteiger partial charge on any atom is 0.325 e. The van der Waals surface area contributed by atoms with Crippen molar-refractivity contribution in [3.63, 3.8) is 0 Å². The number of rotatable bonds is 3. The van der Waals surface area contributed by atoms with Gasteiger partial charge in [0, 0.05) is 6.04 Å². The van der Waals surface area contributed by atoms with Crippen molar-refractivity contribution in [2.45, 2.75) is 70.9 Å². The van der Waals surface area contributed by atoms with Crippen molar-refractivity contribution in [2.75, 3.05) is 6.54 Å². The molecule has 4 amide bonds. The summed E-state index contributed by atoms with van der Waals surface area (Å²) in [5.74, 6) is -0.159. The Hall–Kier alpha value is -2.37. The summed E-state index contributed by atoms with van der Waals surface area (Å²) in [6.45, 7) is 6.41. The lowest BCUT2D eigenvalue weighted by Crippen LogP contribution is -2.50. The van der Waals surface area contributed by atoms with Crippen LogP contribution in [0.25, 0.3) is 0 Å². The van der Waals surface area contributed by atoms with E-state index in [9.17, 15) is 14.4 Å². The number of carbonyl (C=O) groups excluding carboxylic acids is 3. The first-order valence-corrected chi connectivity index (χ1v) is 10.7. The molecule has 0 aromatic heterocycles. The molecule has 3 unspecified atom stereocenters. The fourth-order valence-electron chi connectivity index (χ4n) is 5.47. The zero-order valence-electron chi connectivity index (χ0n) is 17.6. The summed E-state index contributed by atoms with van der Waals surface area (Å²) in [4.78, 5) is 39.7. The van der Waals surface area contributed by atoms with E-state index >= 15 is 0 Å². The fraction of sp³-hybridized carbons (Fsp3) is 0.609. The van der Waals surface area contributed by atoms with Crippen LogP contribution in [0.5, 0.6) is 0 Å². The largest absolute Gasteiger partial charge is 0.352 e. The number of fused-ring (bicyclic) bond motifs is 2. The summed E-state index contributed by atoms with van der Waals surface area (Å²) >= 11 is 0. The summed E-state index contributed by atoms with van der Waals surface area (Å²) < 4.78 is 0. The molecule has 6 nitrogen and oxygen atoms in total. The molecular weight excluding hydrogens is 366 g/mol. The van der Waals surface area contributed by atoms with Crippen LogP contribution in [-0.2, 0) is 21.5 Å². The second-order valence-electron chi connectivity index (χ2n) is 9.81. The quantitative estimate of drug-likeness (QED) is 0.770.